The molecule has 0 aliphatic carbocycles. The molecular weight excluding hydrogens is 336 g/mol. The van der Waals surface area contributed by atoms with E-state index in [0.29, 0.717) is 0 Å². The summed E-state index contributed by atoms with van der Waals surface area (Å²) in [5, 5.41) is 16.8. The first-order valence-corrected chi connectivity index (χ1v) is 4.87. The maximum absolute atomic E-state index is 13.6. The summed E-state index contributed by atoms with van der Waals surface area (Å²) in [6, 6.07) is 0. The van der Waals surface area contributed by atoms with E-state index >= 15 is 0 Å². The predicted octanol–water partition coefficient (Wildman–Crippen LogP) is 3.15. The molecule has 0 aromatic heterocycles. The molecular formula is C10H2F8O4. The molecule has 0 spiro atoms. The minimum absolute atomic E-state index is 2.47. The second-order valence-corrected chi connectivity index (χ2v) is 3.75. The van der Waals surface area contributed by atoms with E-state index in [1.54, 1.807) is 0 Å². The van der Waals surface area contributed by atoms with Crippen molar-refractivity contribution >= 4 is 11.9 Å². The van der Waals surface area contributed by atoms with Crippen molar-refractivity contribution in [3.8, 4) is 0 Å². The molecule has 0 saturated carbocycles. The quantitative estimate of drug-likeness (QED) is 0.656. The van der Waals surface area contributed by atoms with Gasteiger partial charge in [0.05, 0.1) is 5.56 Å². The van der Waals surface area contributed by atoms with Crippen LogP contribution in [0, 0.1) is 17.5 Å². The zero-order chi connectivity index (χ0) is 17.6. The number of aromatic carboxylic acids is 2. The SMILES string of the molecule is O=C(O)c1c(F)c(F)c(C(=O)O)c(C(F)(F)C(F)(F)F)c1F. The number of carboxylic acids is 2. The average molecular weight is 338 g/mol. The highest BCUT2D eigenvalue weighted by molar-refractivity contribution is 5.94. The van der Waals surface area contributed by atoms with Crippen LogP contribution < -0.4 is 0 Å². The second-order valence-electron chi connectivity index (χ2n) is 3.75. The highest BCUT2D eigenvalue weighted by Gasteiger charge is 2.62. The van der Waals surface area contributed by atoms with Gasteiger partial charge in [-0.05, 0) is 0 Å². The monoisotopic (exact) mass is 338 g/mol. The first-order chi connectivity index (χ1) is 9.75. The number of benzene rings is 1. The second kappa shape index (κ2) is 5.10. The molecule has 2 N–H and O–H groups in total. The van der Waals surface area contributed by atoms with Gasteiger partial charge in [-0.3, -0.25) is 0 Å². The van der Waals surface area contributed by atoms with Gasteiger partial charge in [0.15, 0.2) is 17.5 Å². The molecule has 1 aromatic carbocycles. The van der Waals surface area contributed by atoms with Crippen LogP contribution in [0.4, 0.5) is 35.1 Å². The largest absolute Gasteiger partial charge is 0.478 e. The molecule has 0 fully saturated rings. The number of carbonyl (C=O) groups is 2. The number of halogens is 8. The van der Waals surface area contributed by atoms with Gasteiger partial charge in [-0.2, -0.15) is 22.0 Å². The summed E-state index contributed by atoms with van der Waals surface area (Å²) in [6.45, 7) is 0. The lowest BCUT2D eigenvalue weighted by atomic mass is 9.95. The van der Waals surface area contributed by atoms with Crippen LogP contribution in [0.5, 0.6) is 0 Å². The van der Waals surface area contributed by atoms with E-state index in [-0.39, 0.29) is 0 Å². The van der Waals surface area contributed by atoms with Gasteiger partial charge in [-0.25, -0.2) is 22.8 Å². The number of alkyl halides is 5. The highest BCUT2D eigenvalue weighted by Crippen LogP contribution is 2.47. The minimum atomic E-state index is -6.59. The third-order valence-electron chi connectivity index (χ3n) is 2.42. The van der Waals surface area contributed by atoms with Crippen LogP contribution in [-0.2, 0) is 5.92 Å². The third kappa shape index (κ3) is 2.44. The summed E-state index contributed by atoms with van der Waals surface area (Å²) in [6.07, 6.45) is -6.59. The van der Waals surface area contributed by atoms with Crippen LogP contribution in [0.3, 0.4) is 0 Å². The van der Waals surface area contributed by atoms with Gasteiger partial charge in [0, 0.05) is 0 Å². The van der Waals surface area contributed by atoms with E-state index in [9.17, 15) is 44.7 Å². The molecule has 0 unspecified atom stereocenters. The lowest BCUT2D eigenvalue weighted by molar-refractivity contribution is -0.290. The Morgan fingerprint density at radius 3 is 1.41 bits per heavy atom. The average Bonchev–Trinajstić information content (AvgIpc) is 2.30. The maximum Gasteiger partial charge on any atom is 0.458 e. The zero-order valence-electron chi connectivity index (χ0n) is 9.73. The summed E-state index contributed by atoms with van der Waals surface area (Å²) in [5.41, 5.74) is -8.24. The summed E-state index contributed by atoms with van der Waals surface area (Å²) >= 11 is 0. The highest BCUT2D eigenvalue weighted by atomic mass is 19.4. The van der Waals surface area contributed by atoms with Gasteiger partial charge in [0.25, 0.3) is 0 Å². The molecule has 0 heterocycles. The van der Waals surface area contributed by atoms with E-state index in [4.69, 9.17) is 10.2 Å². The first kappa shape index (κ1) is 17.7. The Kier molecular flexibility index (Phi) is 4.09. The van der Waals surface area contributed by atoms with Gasteiger partial charge < -0.3 is 10.2 Å². The van der Waals surface area contributed by atoms with Crippen molar-refractivity contribution in [1.29, 1.82) is 0 Å². The van der Waals surface area contributed by atoms with Crippen LogP contribution in [-0.4, -0.2) is 28.3 Å². The Morgan fingerprint density at radius 2 is 1.09 bits per heavy atom. The Balaban J connectivity index is 4.07. The zero-order valence-corrected chi connectivity index (χ0v) is 9.73. The van der Waals surface area contributed by atoms with Gasteiger partial charge in [-0.1, -0.05) is 0 Å². The van der Waals surface area contributed by atoms with Crippen LogP contribution in [0.1, 0.15) is 26.3 Å². The molecule has 12 heteroatoms. The fourth-order valence-corrected chi connectivity index (χ4v) is 1.49. The molecule has 0 atom stereocenters. The molecule has 1 rings (SSSR count). The lowest BCUT2D eigenvalue weighted by Crippen LogP contribution is -2.37. The Hall–Kier alpha value is -2.40. The normalized spacial score (nSPS) is 12.4. The molecule has 122 valence electrons. The van der Waals surface area contributed by atoms with Crippen molar-refractivity contribution in [3.63, 3.8) is 0 Å². The van der Waals surface area contributed by atoms with E-state index in [2.05, 4.69) is 0 Å². The Morgan fingerprint density at radius 1 is 0.727 bits per heavy atom. The lowest BCUT2D eigenvalue weighted by Gasteiger charge is -2.23. The van der Waals surface area contributed by atoms with Crippen molar-refractivity contribution in [2.45, 2.75) is 12.1 Å². The fraction of sp³-hybridized carbons (Fsp3) is 0.200. The third-order valence-corrected chi connectivity index (χ3v) is 2.42. The van der Waals surface area contributed by atoms with Gasteiger partial charge >= 0.3 is 24.0 Å². The smallest absolute Gasteiger partial charge is 0.458 e. The molecule has 0 amide bonds. The summed E-state index contributed by atoms with van der Waals surface area (Å²) < 4.78 is 103. The summed E-state index contributed by atoms with van der Waals surface area (Å²) in [4.78, 5) is 21.1. The van der Waals surface area contributed by atoms with Crippen LogP contribution in [0.15, 0.2) is 0 Å². The standard InChI is InChI=1S/C10H2F8O4/c11-4-2(8(21)22)6(13)5(12)1(7(19)20)3(4)9(14,15)10(16,17)18/h(H,19,20)(H,21,22). The number of rotatable bonds is 3. The maximum atomic E-state index is 13.6. The van der Waals surface area contributed by atoms with Crippen molar-refractivity contribution in [2.24, 2.45) is 0 Å². The molecule has 1 aromatic rings. The van der Waals surface area contributed by atoms with Crippen LogP contribution in [0.25, 0.3) is 0 Å². The van der Waals surface area contributed by atoms with Gasteiger partial charge in [0.1, 0.15) is 11.1 Å². The van der Waals surface area contributed by atoms with E-state index in [0.717, 1.165) is 0 Å². The molecule has 4 nitrogen and oxygen atoms in total. The van der Waals surface area contributed by atoms with Crippen molar-refractivity contribution in [3.05, 3.63) is 34.1 Å². The number of hydrogen-bond acceptors (Lipinski definition) is 2. The van der Waals surface area contributed by atoms with E-state index < -0.39 is 58.2 Å². The minimum Gasteiger partial charge on any atom is -0.478 e. The molecule has 0 radical (unpaired) electrons. The van der Waals surface area contributed by atoms with Gasteiger partial charge in [-0.15, -0.1) is 0 Å². The predicted molar refractivity (Wildman–Crippen MR) is 50.2 cm³/mol. The summed E-state index contributed by atoms with van der Waals surface area (Å²) in [5.74, 6) is -20.4. The van der Waals surface area contributed by atoms with Crippen molar-refractivity contribution < 1.29 is 54.9 Å². The molecule has 0 bridgehead atoms. The van der Waals surface area contributed by atoms with Crippen molar-refractivity contribution in [2.75, 3.05) is 0 Å². The molecule has 22 heavy (non-hydrogen) atoms. The van der Waals surface area contributed by atoms with E-state index in [1.165, 1.54) is 0 Å². The van der Waals surface area contributed by atoms with E-state index in [1.807, 2.05) is 0 Å². The molecule has 0 saturated heterocycles. The van der Waals surface area contributed by atoms with Crippen LogP contribution >= 0.6 is 0 Å². The Labute approximate surface area is 114 Å². The topological polar surface area (TPSA) is 74.6 Å². The number of carboxylic acid groups (broad SMARTS) is 2. The first-order valence-electron chi connectivity index (χ1n) is 4.87. The van der Waals surface area contributed by atoms with Gasteiger partial charge in [0.2, 0.25) is 0 Å². The Bertz CT molecular complexity index is 664. The number of hydrogen-bond donors (Lipinski definition) is 2. The van der Waals surface area contributed by atoms with Crippen molar-refractivity contribution in [1.82, 2.24) is 0 Å². The molecule has 0 aliphatic rings. The van der Waals surface area contributed by atoms with Crippen LogP contribution in [0.2, 0.25) is 0 Å². The fourth-order valence-electron chi connectivity index (χ4n) is 1.49. The summed E-state index contributed by atoms with van der Waals surface area (Å²) in [7, 11) is 0. The molecule has 0 aliphatic heterocycles.